The molecule has 2 nitrogen and oxygen atoms in total. The number of hydrogen-bond acceptors (Lipinski definition) is 2. The maximum Gasteiger partial charge on any atom is 0.0364 e. The molecule has 2 heteroatoms. The zero-order chi connectivity index (χ0) is 13.7. The monoisotopic (exact) mass is 254 g/mol. The van der Waals surface area contributed by atoms with Gasteiger partial charge in [-0.3, -0.25) is 4.98 Å². The minimum Gasteiger partial charge on any atom is -0.310 e. The molecule has 0 aliphatic rings. The normalized spacial score (nSPS) is 12.4. The van der Waals surface area contributed by atoms with E-state index in [1.165, 1.54) is 22.3 Å². The summed E-state index contributed by atoms with van der Waals surface area (Å²) in [4.78, 5) is 4.18. The molecule has 1 N–H and O–H groups in total. The van der Waals surface area contributed by atoms with Gasteiger partial charge < -0.3 is 5.32 Å². The van der Waals surface area contributed by atoms with Gasteiger partial charge in [-0.25, -0.2) is 0 Å². The summed E-state index contributed by atoms with van der Waals surface area (Å²) in [7, 11) is 0. The Kier molecular flexibility index (Phi) is 4.69. The van der Waals surface area contributed by atoms with Crippen LogP contribution in [0, 0.1) is 13.8 Å². The molecular weight excluding hydrogens is 232 g/mol. The Morgan fingerprint density at radius 2 is 1.89 bits per heavy atom. The zero-order valence-corrected chi connectivity index (χ0v) is 12.0. The van der Waals surface area contributed by atoms with Gasteiger partial charge in [-0.2, -0.15) is 0 Å². The lowest BCUT2D eigenvalue weighted by molar-refractivity contribution is 0.545. The van der Waals surface area contributed by atoms with E-state index in [1.54, 1.807) is 0 Å². The van der Waals surface area contributed by atoms with Crippen molar-refractivity contribution in [1.29, 1.82) is 0 Å². The predicted molar refractivity (Wildman–Crippen MR) is 80.3 cm³/mol. The molecule has 0 bridgehead atoms. The summed E-state index contributed by atoms with van der Waals surface area (Å²) in [6.45, 7) is 7.43. The van der Waals surface area contributed by atoms with Crippen LogP contribution in [0.5, 0.6) is 0 Å². The average molecular weight is 254 g/mol. The molecule has 2 rings (SSSR count). The number of nitrogens with zero attached hydrogens (tertiary/aromatic N) is 1. The lowest BCUT2D eigenvalue weighted by Gasteiger charge is -2.21. The van der Waals surface area contributed by atoms with Crippen LogP contribution < -0.4 is 5.32 Å². The molecule has 1 unspecified atom stereocenters. The third-order valence-corrected chi connectivity index (χ3v) is 3.57. The fourth-order valence-electron chi connectivity index (χ4n) is 2.47. The highest BCUT2D eigenvalue weighted by Crippen LogP contribution is 2.22. The molecule has 19 heavy (non-hydrogen) atoms. The lowest BCUT2D eigenvalue weighted by Crippen LogP contribution is -2.24. The lowest BCUT2D eigenvalue weighted by atomic mass is 9.94. The van der Waals surface area contributed by atoms with Crippen LogP contribution >= 0.6 is 0 Å². The average Bonchev–Trinajstić information content (AvgIpc) is 2.41. The van der Waals surface area contributed by atoms with Gasteiger partial charge in [-0.15, -0.1) is 0 Å². The fraction of sp³-hybridized carbons (Fsp3) is 0.353. The number of pyridine rings is 1. The molecule has 2 aromatic rings. The van der Waals surface area contributed by atoms with Crippen LogP contribution in [-0.2, 0) is 6.42 Å². The first-order valence-corrected chi connectivity index (χ1v) is 6.90. The van der Waals surface area contributed by atoms with Crippen molar-refractivity contribution >= 4 is 0 Å². The summed E-state index contributed by atoms with van der Waals surface area (Å²) in [5, 5.41) is 3.59. The first kappa shape index (κ1) is 13.8. The molecule has 0 aliphatic heterocycles. The van der Waals surface area contributed by atoms with Gasteiger partial charge in [-0.05, 0) is 55.1 Å². The number of benzene rings is 1. The van der Waals surface area contributed by atoms with Gasteiger partial charge in [0.05, 0.1) is 0 Å². The summed E-state index contributed by atoms with van der Waals surface area (Å²) in [5.74, 6) is 0. The first-order valence-electron chi connectivity index (χ1n) is 6.90. The van der Waals surface area contributed by atoms with E-state index in [4.69, 9.17) is 0 Å². The molecule has 0 fully saturated rings. The highest BCUT2D eigenvalue weighted by Gasteiger charge is 2.14. The quantitative estimate of drug-likeness (QED) is 0.882. The summed E-state index contributed by atoms with van der Waals surface area (Å²) in [5.41, 5.74) is 5.36. The van der Waals surface area contributed by atoms with E-state index in [1.807, 2.05) is 12.4 Å². The molecular formula is C17H22N2. The second kappa shape index (κ2) is 6.48. The molecule has 1 atom stereocenters. The van der Waals surface area contributed by atoms with Gasteiger partial charge in [0.15, 0.2) is 0 Å². The van der Waals surface area contributed by atoms with Gasteiger partial charge in [0.2, 0.25) is 0 Å². The molecule has 0 aliphatic carbocycles. The largest absolute Gasteiger partial charge is 0.310 e. The van der Waals surface area contributed by atoms with Gasteiger partial charge in [0.25, 0.3) is 0 Å². The van der Waals surface area contributed by atoms with E-state index < -0.39 is 0 Å². The van der Waals surface area contributed by atoms with E-state index >= 15 is 0 Å². The maximum atomic E-state index is 4.18. The summed E-state index contributed by atoms with van der Waals surface area (Å²) >= 11 is 0. The van der Waals surface area contributed by atoms with Crippen molar-refractivity contribution in [2.75, 3.05) is 6.54 Å². The molecule has 0 radical (unpaired) electrons. The Balaban J connectivity index is 2.27. The van der Waals surface area contributed by atoms with Crippen molar-refractivity contribution in [2.24, 2.45) is 0 Å². The van der Waals surface area contributed by atoms with Crippen LogP contribution in [0.3, 0.4) is 0 Å². The Morgan fingerprint density at radius 3 is 2.58 bits per heavy atom. The number of aromatic nitrogens is 1. The summed E-state index contributed by atoms with van der Waals surface area (Å²) < 4.78 is 0. The van der Waals surface area contributed by atoms with Crippen molar-refractivity contribution in [1.82, 2.24) is 10.3 Å². The molecule has 0 saturated carbocycles. The minimum absolute atomic E-state index is 0.356. The number of hydrogen-bond donors (Lipinski definition) is 1. The third-order valence-electron chi connectivity index (χ3n) is 3.57. The Labute approximate surface area is 115 Å². The van der Waals surface area contributed by atoms with Crippen molar-refractivity contribution in [3.63, 3.8) is 0 Å². The highest BCUT2D eigenvalue weighted by molar-refractivity contribution is 5.31. The van der Waals surface area contributed by atoms with E-state index in [0.717, 1.165) is 13.0 Å². The maximum absolute atomic E-state index is 4.18. The Hall–Kier alpha value is -1.67. The van der Waals surface area contributed by atoms with E-state index in [-0.39, 0.29) is 0 Å². The minimum atomic E-state index is 0.356. The topological polar surface area (TPSA) is 24.9 Å². The van der Waals surface area contributed by atoms with Crippen LogP contribution in [0.15, 0.2) is 42.7 Å². The zero-order valence-electron chi connectivity index (χ0n) is 12.0. The molecule has 0 saturated heterocycles. The molecule has 0 amide bonds. The SMILES string of the molecule is CCNC(Cc1ccccc1C)c1ccncc1C. The van der Waals surface area contributed by atoms with Crippen molar-refractivity contribution in [3.8, 4) is 0 Å². The molecule has 0 spiro atoms. The van der Waals surface area contributed by atoms with Gasteiger partial charge in [-0.1, -0.05) is 31.2 Å². The van der Waals surface area contributed by atoms with Crippen LogP contribution in [-0.4, -0.2) is 11.5 Å². The number of nitrogens with one attached hydrogen (secondary N) is 1. The molecule has 1 aromatic heterocycles. The van der Waals surface area contributed by atoms with Crippen molar-refractivity contribution < 1.29 is 0 Å². The smallest absolute Gasteiger partial charge is 0.0364 e. The Bertz CT molecular complexity index is 534. The second-order valence-electron chi connectivity index (χ2n) is 4.97. The van der Waals surface area contributed by atoms with Crippen LogP contribution in [0.1, 0.15) is 35.2 Å². The van der Waals surface area contributed by atoms with Crippen molar-refractivity contribution in [3.05, 3.63) is 65.0 Å². The Morgan fingerprint density at radius 1 is 1.11 bits per heavy atom. The van der Waals surface area contributed by atoms with Gasteiger partial charge >= 0.3 is 0 Å². The van der Waals surface area contributed by atoms with E-state index in [9.17, 15) is 0 Å². The second-order valence-corrected chi connectivity index (χ2v) is 4.97. The standard InChI is InChI=1S/C17H22N2/c1-4-19-17(16-9-10-18-12-14(16)3)11-15-8-6-5-7-13(15)2/h5-10,12,17,19H,4,11H2,1-3H3. The molecule has 1 heterocycles. The van der Waals surface area contributed by atoms with Crippen LogP contribution in [0.25, 0.3) is 0 Å². The summed E-state index contributed by atoms with van der Waals surface area (Å²) in [6.07, 6.45) is 4.84. The van der Waals surface area contributed by atoms with Gasteiger partial charge in [0, 0.05) is 18.4 Å². The number of aryl methyl sites for hydroxylation is 2. The molecule has 100 valence electrons. The first-order chi connectivity index (χ1) is 9.22. The van der Waals surface area contributed by atoms with E-state index in [0.29, 0.717) is 6.04 Å². The van der Waals surface area contributed by atoms with Crippen LogP contribution in [0.4, 0.5) is 0 Å². The highest BCUT2D eigenvalue weighted by atomic mass is 14.9. The number of likely N-dealkylation sites (N-methyl/N-ethyl adjacent to an activating group) is 1. The van der Waals surface area contributed by atoms with Crippen molar-refractivity contribution in [2.45, 2.75) is 33.2 Å². The molecule has 1 aromatic carbocycles. The fourth-order valence-corrected chi connectivity index (χ4v) is 2.47. The van der Waals surface area contributed by atoms with Gasteiger partial charge in [0.1, 0.15) is 0 Å². The third kappa shape index (κ3) is 3.42. The van der Waals surface area contributed by atoms with Crippen LogP contribution in [0.2, 0.25) is 0 Å². The number of rotatable bonds is 5. The van der Waals surface area contributed by atoms with E-state index in [2.05, 4.69) is 61.4 Å². The predicted octanol–water partition coefficient (Wildman–Crippen LogP) is 3.59. The summed E-state index contributed by atoms with van der Waals surface area (Å²) in [6, 6.07) is 11.1.